The van der Waals surface area contributed by atoms with Gasteiger partial charge in [0.1, 0.15) is 6.04 Å². The number of esters is 1. The van der Waals surface area contributed by atoms with E-state index in [1.165, 1.54) is 6.92 Å². The summed E-state index contributed by atoms with van der Waals surface area (Å²) in [5.41, 5.74) is -1.98. The maximum absolute atomic E-state index is 13.0. The van der Waals surface area contributed by atoms with Crippen molar-refractivity contribution < 1.29 is 31.1 Å². The van der Waals surface area contributed by atoms with Gasteiger partial charge in [0.05, 0.1) is 17.6 Å². The molecular formula is C15H20F3NO4S. The smallest absolute Gasteiger partial charge is 0.416 e. The van der Waals surface area contributed by atoms with Crippen molar-refractivity contribution in [3.8, 4) is 0 Å². The van der Waals surface area contributed by atoms with E-state index in [9.17, 15) is 26.4 Å². The quantitative estimate of drug-likeness (QED) is 0.831. The Morgan fingerprint density at radius 3 is 2.17 bits per heavy atom. The Kier molecular flexibility index (Phi) is 5.72. The Morgan fingerprint density at radius 1 is 1.21 bits per heavy atom. The largest absolute Gasteiger partial charge is 0.468 e. The van der Waals surface area contributed by atoms with Crippen molar-refractivity contribution in [3.63, 3.8) is 0 Å². The van der Waals surface area contributed by atoms with Crippen molar-refractivity contribution in [1.82, 2.24) is 4.72 Å². The molecular weight excluding hydrogens is 347 g/mol. The lowest BCUT2D eigenvalue weighted by Gasteiger charge is -2.28. The molecule has 136 valence electrons. The number of sulfonamides is 1. The zero-order valence-electron chi connectivity index (χ0n) is 14.0. The van der Waals surface area contributed by atoms with Gasteiger partial charge in [-0.25, -0.2) is 8.42 Å². The van der Waals surface area contributed by atoms with Crippen LogP contribution in [0.5, 0.6) is 0 Å². The number of methoxy groups -OCH3 is 1. The molecule has 0 aliphatic heterocycles. The zero-order valence-corrected chi connectivity index (χ0v) is 14.8. The number of benzene rings is 1. The predicted molar refractivity (Wildman–Crippen MR) is 81.8 cm³/mol. The van der Waals surface area contributed by atoms with E-state index in [-0.39, 0.29) is 5.56 Å². The summed E-state index contributed by atoms with van der Waals surface area (Å²) < 4.78 is 70.4. The summed E-state index contributed by atoms with van der Waals surface area (Å²) in [6.07, 6.45) is -4.68. The molecule has 0 amide bonds. The Bertz CT molecular complexity index is 721. The number of alkyl halides is 3. The lowest BCUT2D eigenvalue weighted by atomic mass is 9.87. The molecule has 0 fully saturated rings. The normalized spacial score (nSPS) is 14.3. The van der Waals surface area contributed by atoms with Crippen molar-refractivity contribution in [2.24, 2.45) is 5.41 Å². The molecule has 24 heavy (non-hydrogen) atoms. The second kappa shape index (κ2) is 6.72. The molecule has 0 bridgehead atoms. The van der Waals surface area contributed by atoms with Crippen molar-refractivity contribution in [1.29, 1.82) is 0 Å². The van der Waals surface area contributed by atoms with Crippen molar-refractivity contribution >= 4 is 16.0 Å². The third-order valence-corrected chi connectivity index (χ3v) is 4.82. The monoisotopic (exact) mass is 367 g/mol. The number of ether oxygens (including phenoxy) is 1. The van der Waals surface area contributed by atoms with E-state index in [1.807, 2.05) is 0 Å². The van der Waals surface area contributed by atoms with Gasteiger partial charge >= 0.3 is 12.1 Å². The topological polar surface area (TPSA) is 72.5 Å². The molecule has 0 radical (unpaired) electrons. The first-order valence-corrected chi connectivity index (χ1v) is 8.46. The summed E-state index contributed by atoms with van der Waals surface area (Å²) in [6, 6.07) is 1.43. The van der Waals surface area contributed by atoms with Crippen LogP contribution in [-0.4, -0.2) is 27.5 Å². The van der Waals surface area contributed by atoms with Gasteiger partial charge in [0.2, 0.25) is 10.0 Å². The Labute approximate surface area is 139 Å². The number of hydrogen-bond acceptors (Lipinski definition) is 4. The van der Waals surface area contributed by atoms with Crippen LogP contribution in [-0.2, 0) is 25.7 Å². The van der Waals surface area contributed by atoms with Crippen LogP contribution in [0.3, 0.4) is 0 Å². The highest BCUT2D eigenvalue weighted by atomic mass is 32.2. The summed E-state index contributed by atoms with van der Waals surface area (Å²) in [4.78, 5) is 11.2. The van der Waals surface area contributed by atoms with E-state index < -0.39 is 44.1 Å². The molecule has 0 saturated carbocycles. The van der Waals surface area contributed by atoms with Crippen LogP contribution in [0, 0.1) is 12.3 Å². The number of aryl methyl sites for hydroxylation is 1. The molecule has 9 heteroatoms. The first-order valence-electron chi connectivity index (χ1n) is 6.98. The molecule has 1 unspecified atom stereocenters. The summed E-state index contributed by atoms with van der Waals surface area (Å²) in [5, 5.41) is 0. The SMILES string of the molecule is COC(=O)C(NS(=O)(=O)c1ccc(C)c(C(F)(F)F)c1)C(C)(C)C. The molecule has 1 N–H and O–H groups in total. The molecule has 0 saturated heterocycles. The van der Waals surface area contributed by atoms with Gasteiger partial charge in [0.15, 0.2) is 0 Å². The van der Waals surface area contributed by atoms with Crippen molar-refractivity contribution in [3.05, 3.63) is 29.3 Å². The second-order valence-electron chi connectivity index (χ2n) is 6.42. The van der Waals surface area contributed by atoms with E-state index in [1.54, 1.807) is 20.8 Å². The summed E-state index contributed by atoms with van der Waals surface area (Å²) in [7, 11) is -3.25. The third kappa shape index (κ3) is 4.70. The molecule has 0 aliphatic rings. The summed E-state index contributed by atoms with van der Waals surface area (Å²) in [5.74, 6) is -0.825. The predicted octanol–water partition coefficient (Wildman–Crippen LogP) is 2.88. The zero-order chi connectivity index (χ0) is 18.9. The first kappa shape index (κ1) is 20.4. The average molecular weight is 367 g/mol. The van der Waals surface area contributed by atoms with Gasteiger partial charge in [-0.2, -0.15) is 17.9 Å². The van der Waals surface area contributed by atoms with Gasteiger partial charge in [0, 0.05) is 0 Å². The minimum Gasteiger partial charge on any atom is -0.468 e. The Hall–Kier alpha value is -1.61. The van der Waals surface area contributed by atoms with E-state index in [0.717, 1.165) is 19.2 Å². The number of carbonyl (C=O) groups excluding carboxylic acids is 1. The molecule has 1 aromatic carbocycles. The fourth-order valence-corrected chi connectivity index (χ4v) is 3.41. The van der Waals surface area contributed by atoms with Crippen LogP contribution < -0.4 is 4.72 Å². The van der Waals surface area contributed by atoms with E-state index in [4.69, 9.17) is 0 Å². The third-order valence-electron chi connectivity index (χ3n) is 3.40. The maximum Gasteiger partial charge on any atom is 0.416 e. The van der Waals surface area contributed by atoms with Crippen molar-refractivity contribution in [2.75, 3.05) is 7.11 Å². The molecule has 0 spiro atoms. The van der Waals surface area contributed by atoms with Gasteiger partial charge in [-0.15, -0.1) is 0 Å². The van der Waals surface area contributed by atoms with Gasteiger partial charge in [0.25, 0.3) is 0 Å². The van der Waals surface area contributed by atoms with Crippen LogP contribution in [0.25, 0.3) is 0 Å². The fraction of sp³-hybridized carbons (Fsp3) is 0.533. The minimum absolute atomic E-state index is 0.0956. The molecule has 1 aromatic rings. The number of hydrogen-bond donors (Lipinski definition) is 1. The van der Waals surface area contributed by atoms with Gasteiger partial charge < -0.3 is 4.74 Å². The van der Waals surface area contributed by atoms with Crippen LogP contribution in [0.15, 0.2) is 23.1 Å². The standard InChI is InChI=1S/C15H20F3NO4S/c1-9-6-7-10(8-11(9)15(16,17)18)24(21,22)19-12(13(20)23-5)14(2,3)4/h6-8,12,19H,1-5H3. The van der Waals surface area contributed by atoms with Crippen LogP contribution in [0.4, 0.5) is 13.2 Å². The van der Waals surface area contributed by atoms with Crippen molar-refractivity contribution in [2.45, 2.75) is 44.8 Å². The number of halogens is 3. The highest BCUT2D eigenvalue weighted by Gasteiger charge is 2.38. The maximum atomic E-state index is 13.0. The second-order valence-corrected chi connectivity index (χ2v) is 8.13. The molecule has 1 rings (SSSR count). The minimum atomic E-state index is -4.68. The number of nitrogens with one attached hydrogen (secondary N) is 1. The van der Waals surface area contributed by atoms with E-state index in [0.29, 0.717) is 6.07 Å². The number of carbonyl (C=O) groups is 1. The Balaban J connectivity index is 3.32. The fourth-order valence-electron chi connectivity index (χ4n) is 1.99. The molecule has 1 atom stereocenters. The lowest BCUT2D eigenvalue weighted by Crippen LogP contribution is -2.49. The molecule has 0 aliphatic carbocycles. The molecule has 0 heterocycles. The van der Waals surface area contributed by atoms with Gasteiger partial charge in [-0.3, -0.25) is 4.79 Å². The average Bonchev–Trinajstić information content (AvgIpc) is 2.41. The highest BCUT2D eigenvalue weighted by Crippen LogP contribution is 2.33. The first-order chi connectivity index (χ1) is 10.7. The van der Waals surface area contributed by atoms with Gasteiger partial charge in [-0.1, -0.05) is 26.8 Å². The van der Waals surface area contributed by atoms with Crippen LogP contribution in [0.2, 0.25) is 0 Å². The van der Waals surface area contributed by atoms with Gasteiger partial charge in [-0.05, 0) is 30.0 Å². The van der Waals surface area contributed by atoms with Crippen LogP contribution >= 0.6 is 0 Å². The molecule has 0 aromatic heterocycles. The summed E-state index contributed by atoms with van der Waals surface area (Å²) >= 11 is 0. The summed E-state index contributed by atoms with van der Waals surface area (Å²) in [6.45, 7) is 6.05. The van der Waals surface area contributed by atoms with E-state index >= 15 is 0 Å². The van der Waals surface area contributed by atoms with E-state index in [2.05, 4.69) is 9.46 Å². The number of rotatable bonds is 4. The lowest BCUT2D eigenvalue weighted by molar-refractivity contribution is -0.145. The highest BCUT2D eigenvalue weighted by molar-refractivity contribution is 7.89. The van der Waals surface area contributed by atoms with Crippen LogP contribution in [0.1, 0.15) is 31.9 Å². The molecule has 5 nitrogen and oxygen atoms in total. The Morgan fingerprint density at radius 2 is 1.75 bits per heavy atom.